The first kappa shape index (κ1) is 14.4. The molecule has 0 saturated carbocycles. The zero-order valence-electron chi connectivity index (χ0n) is 5.78. The second kappa shape index (κ2) is 6.36. The molecule has 0 radical (unpaired) electrons. The third kappa shape index (κ3) is 6.03. The number of hydrogen-bond donors (Lipinski definition) is 2. The van der Waals surface area contributed by atoms with Gasteiger partial charge in [-0.3, -0.25) is 4.18 Å². The molecule has 0 aliphatic carbocycles. The summed E-state index contributed by atoms with van der Waals surface area (Å²) < 4.78 is 25.7. The summed E-state index contributed by atoms with van der Waals surface area (Å²) in [6, 6.07) is 0. The van der Waals surface area contributed by atoms with Crippen LogP contribution in [0.15, 0.2) is 0 Å². The van der Waals surface area contributed by atoms with Crippen molar-refractivity contribution in [1.82, 2.24) is 0 Å². The van der Waals surface area contributed by atoms with Gasteiger partial charge in [0.15, 0.2) is 0 Å². The third-order valence-corrected chi connectivity index (χ3v) is 2.23. The Labute approximate surface area is 88.9 Å². The van der Waals surface area contributed by atoms with Crippen molar-refractivity contribution >= 4 is 39.7 Å². The van der Waals surface area contributed by atoms with Crippen LogP contribution in [0.5, 0.6) is 0 Å². The molecular formula is C4H13N2NaO3S. The van der Waals surface area contributed by atoms with E-state index < -0.39 is 15.5 Å². The molecule has 0 bridgehead atoms. The number of nitrogens with two attached hydrogens (primary N) is 2. The van der Waals surface area contributed by atoms with Gasteiger partial charge in [-0.1, -0.05) is 0 Å². The molecule has 0 aliphatic heterocycles. The van der Waals surface area contributed by atoms with E-state index in [1.165, 1.54) is 6.92 Å². The maximum atomic E-state index is 10.7. The van der Waals surface area contributed by atoms with Crippen molar-refractivity contribution in [2.75, 3.05) is 13.2 Å². The van der Waals surface area contributed by atoms with Crippen LogP contribution in [0, 0.1) is 0 Å². The summed E-state index contributed by atoms with van der Waals surface area (Å²) in [5.74, 6) is 0. The molecule has 0 aliphatic rings. The molecule has 0 aromatic rings. The molecule has 64 valence electrons. The number of hydrogen-bond acceptors (Lipinski definition) is 5. The standard InChI is InChI=1S/C4H12N2O3S.Na.H/c1-4(6)10(7,8)9-3-2-5;;/h4H,2-3,5-6H2,1H3;;. The van der Waals surface area contributed by atoms with Crippen LogP contribution < -0.4 is 11.5 Å². The van der Waals surface area contributed by atoms with Gasteiger partial charge < -0.3 is 11.5 Å². The molecule has 0 fully saturated rings. The van der Waals surface area contributed by atoms with Gasteiger partial charge in [-0.2, -0.15) is 8.42 Å². The SMILES string of the molecule is CC(N)S(=O)(=O)OCCN.[NaH]. The molecule has 0 heterocycles. The summed E-state index contributed by atoms with van der Waals surface area (Å²) in [4.78, 5) is 0. The van der Waals surface area contributed by atoms with E-state index in [1.54, 1.807) is 0 Å². The molecule has 5 nitrogen and oxygen atoms in total. The van der Waals surface area contributed by atoms with Gasteiger partial charge in [-0.05, 0) is 6.92 Å². The fourth-order valence-corrected chi connectivity index (χ4v) is 0.815. The summed E-state index contributed by atoms with van der Waals surface area (Å²) in [7, 11) is -3.56. The van der Waals surface area contributed by atoms with Crippen molar-refractivity contribution in [1.29, 1.82) is 0 Å². The molecule has 0 aromatic carbocycles. The molecule has 1 unspecified atom stereocenters. The van der Waals surface area contributed by atoms with Gasteiger partial charge in [0, 0.05) is 6.54 Å². The second-order valence-corrected chi connectivity index (χ2v) is 3.77. The van der Waals surface area contributed by atoms with Gasteiger partial charge in [-0.15, -0.1) is 0 Å². The molecule has 0 spiro atoms. The Morgan fingerprint density at radius 2 is 2.00 bits per heavy atom. The Bertz CT molecular complexity index is 180. The van der Waals surface area contributed by atoms with E-state index in [-0.39, 0.29) is 42.7 Å². The van der Waals surface area contributed by atoms with Gasteiger partial charge in [0.05, 0.1) is 6.61 Å². The topological polar surface area (TPSA) is 95.4 Å². The summed E-state index contributed by atoms with van der Waals surface area (Å²) in [6.45, 7) is 1.50. The quantitative estimate of drug-likeness (QED) is 0.395. The molecular weight excluding hydrogens is 179 g/mol. The van der Waals surface area contributed by atoms with Crippen LogP contribution in [0.4, 0.5) is 0 Å². The van der Waals surface area contributed by atoms with Gasteiger partial charge >= 0.3 is 29.6 Å². The van der Waals surface area contributed by atoms with Crippen molar-refractivity contribution in [2.24, 2.45) is 11.5 Å². The van der Waals surface area contributed by atoms with E-state index in [0.717, 1.165) is 0 Å². The zero-order chi connectivity index (χ0) is 8.20. The second-order valence-electron chi connectivity index (χ2n) is 1.81. The van der Waals surface area contributed by atoms with Crippen LogP contribution in [0.1, 0.15) is 6.92 Å². The summed E-state index contributed by atoms with van der Waals surface area (Å²) in [5.41, 5.74) is 10.1. The summed E-state index contributed by atoms with van der Waals surface area (Å²) in [5, 5.41) is -0.987. The summed E-state index contributed by atoms with van der Waals surface area (Å²) in [6.07, 6.45) is 0. The van der Waals surface area contributed by atoms with Crippen LogP contribution in [-0.4, -0.2) is 56.5 Å². The van der Waals surface area contributed by atoms with E-state index in [4.69, 9.17) is 11.5 Å². The number of rotatable bonds is 4. The molecule has 0 aromatic heterocycles. The first-order chi connectivity index (χ1) is 4.50. The molecule has 0 saturated heterocycles. The molecule has 0 rings (SSSR count). The fraction of sp³-hybridized carbons (Fsp3) is 1.00. The maximum absolute atomic E-state index is 10.7. The average molecular weight is 192 g/mol. The molecule has 4 N–H and O–H groups in total. The normalized spacial score (nSPS) is 13.7. The Morgan fingerprint density at radius 3 is 2.27 bits per heavy atom. The van der Waals surface area contributed by atoms with Crippen LogP contribution in [-0.2, 0) is 14.3 Å². The van der Waals surface area contributed by atoms with Crippen molar-refractivity contribution in [3.63, 3.8) is 0 Å². The van der Waals surface area contributed by atoms with Crippen molar-refractivity contribution in [3.05, 3.63) is 0 Å². The Morgan fingerprint density at radius 1 is 1.55 bits per heavy atom. The third-order valence-electron chi connectivity index (χ3n) is 0.821. The van der Waals surface area contributed by atoms with E-state index in [0.29, 0.717) is 0 Å². The van der Waals surface area contributed by atoms with Gasteiger partial charge in [0.1, 0.15) is 5.37 Å². The van der Waals surface area contributed by atoms with Crippen LogP contribution in [0.2, 0.25) is 0 Å². The van der Waals surface area contributed by atoms with Crippen LogP contribution in [0.25, 0.3) is 0 Å². The first-order valence-electron chi connectivity index (χ1n) is 2.84. The minimum absolute atomic E-state index is 0. The van der Waals surface area contributed by atoms with Crippen molar-refractivity contribution in [3.8, 4) is 0 Å². The summed E-state index contributed by atoms with van der Waals surface area (Å²) >= 11 is 0. The predicted octanol–water partition coefficient (Wildman–Crippen LogP) is -2.05. The van der Waals surface area contributed by atoms with Gasteiger partial charge in [0.25, 0.3) is 10.1 Å². The Kier molecular flexibility index (Phi) is 8.30. The van der Waals surface area contributed by atoms with Crippen LogP contribution >= 0.6 is 0 Å². The predicted molar refractivity (Wildman–Crippen MR) is 44.7 cm³/mol. The monoisotopic (exact) mass is 192 g/mol. The fourth-order valence-electron chi connectivity index (χ4n) is 0.272. The average Bonchev–Trinajstić information content (AvgIpc) is 1.84. The molecule has 11 heavy (non-hydrogen) atoms. The van der Waals surface area contributed by atoms with Crippen molar-refractivity contribution in [2.45, 2.75) is 12.3 Å². The van der Waals surface area contributed by atoms with Crippen LogP contribution in [0.3, 0.4) is 0 Å². The van der Waals surface area contributed by atoms with Gasteiger partial charge in [-0.25, -0.2) is 0 Å². The van der Waals surface area contributed by atoms with E-state index in [1.807, 2.05) is 0 Å². The zero-order valence-corrected chi connectivity index (χ0v) is 6.60. The van der Waals surface area contributed by atoms with Crippen molar-refractivity contribution < 1.29 is 12.6 Å². The Balaban J connectivity index is 0. The Hall–Kier alpha value is 0.830. The molecule has 1 atom stereocenters. The first-order valence-corrected chi connectivity index (χ1v) is 4.31. The molecule has 0 amide bonds. The van der Waals surface area contributed by atoms with Gasteiger partial charge in [0.2, 0.25) is 0 Å². The molecule has 7 heteroatoms. The minimum atomic E-state index is -3.56. The van der Waals surface area contributed by atoms with E-state index in [9.17, 15) is 8.42 Å². The van der Waals surface area contributed by atoms with E-state index >= 15 is 0 Å². The van der Waals surface area contributed by atoms with E-state index in [2.05, 4.69) is 4.18 Å².